The minimum Gasteiger partial charge on any atom is -0.378 e. The van der Waals surface area contributed by atoms with E-state index < -0.39 is 0 Å². The van der Waals surface area contributed by atoms with Crippen LogP contribution in [0.15, 0.2) is 30.6 Å². The second-order valence-electron chi connectivity index (χ2n) is 4.08. The second-order valence-corrected chi connectivity index (χ2v) is 4.51. The third kappa shape index (κ3) is 2.97. The maximum atomic E-state index is 5.91. The Labute approximate surface area is 106 Å². The minimum absolute atomic E-state index is 0.314. The fourth-order valence-electron chi connectivity index (χ4n) is 1.61. The molecule has 5 heteroatoms. The van der Waals surface area contributed by atoms with E-state index in [2.05, 4.69) is 29.2 Å². The van der Waals surface area contributed by atoms with Gasteiger partial charge in [0.1, 0.15) is 12.2 Å². The average Bonchev–Trinajstić information content (AvgIpc) is 2.74. The molecule has 0 spiro atoms. The predicted octanol–water partition coefficient (Wildman–Crippen LogP) is 3.12. The number of rotatable bonds is 4. The highest BCUT2D eigenvalue weighted by Gasteiger charge is 2.06. The summed E-state index contributed by atoms with van der Waals surface area (Å²) in [4.78, 5) is 4.23. The number of hydrogen-bond donors (Lipinski definition) is 1. The third-order valence-electron chi connectivity index (χ3n) is 2.41. The van der Waals surface area contributed by atoms with Crippen molar-refractivity contribution in [3.05, 3.63) is 41.4 Å². The number of halogens is 1. The lowest BCUT2D eigenvalue weighted by Crippen LogP contribution is -2.11. The predicted molar refractivity (Wildman–Crippen MR) is 69.2 cm³/mol. The molecule has 0 saturated heterocycles. The van der Waals surface area contributed by atoms with E-state index >= 15 is 0 Å². The van der Waals surface area contributed by atoms with E-state index in [0.29, 0.717) is 12.6 Å². The molecule has 1 aromatic carbocycles. The van der Waals surface area contributed by atoms with Crippen molar-refractivity contribution in [3.63, 3.8) is 0 Å². The van der Waals surface area contributed by atoms with E-state index in [9.17, 15) is 0 Å². The quantitative estimate of drug-likeness (QED) is 0.907. The first kappa shape index (κ1) is 11.9. The van der Waals surface area contributed by atoms with E-state index in [-0.39, 0.29) is 0 Å². The van der Waals surface area contributed by atoms with Crippen LogP contribution in [0.1, 0.15) is 25.7 Å². The van der Waals surface area contributed by atoms with Crippen LogP contribution >= 0.6 is 11.6 Å². The molecule has 0 radical (unpaired) electrons. The van der Waals surface area contributed by atoms with Gasteiger partial charge in [0.25, 0.3) is 0 Å². The zero-order valence-corrected chi connectivity index (χ0v) is 10.6. The topological polar surface area (TPSA) is 42.7 Å². The lowest BCUT2D eigenvalue weighted by Gasteiger charge is -2.10. The summed E-state index contributed by atoms with van der Waals surface area (Å²) in [7, 11) is 0. The first-order valence-electron chi connectivity index (χ1n) is 5.54. The van der Waals surface area contributed by atoms with Gasteiger partial charge in [0.2, 0.25) is 0 Å². The summed E-state index contributed by atoms with van der Waals surface area (Å²) < 4.78 is 1.90. The van der Waals surface area contributed by atoms with Crippen LogP contribution in [0.4, 0.5) is 5.69 Å². The average molecular weight is 251 g/mol. The van der Waals surface area contributed by atoms with Gasteiger partial charge in [-0.2, -0.15) is 5.10 Å². The molecule has 0 saturated carbocycles. The van der Waals surface area contributed by atoms with Crippen LogP contribution in [0.3, 0.4) is 0 Å². The summed E-state index contributed by atoms with van der Waals surface area (Å²) in [6, 6.07) is 7.94. The Balaban J connectivity index is 2.05. The molecule has 1 aromatic heterocycles. The molecule has 90 valence electrons. The Morgan fingerprint density at radius 2 is 2.24 bits per heavy atom. The van der Waals surface area contributed by atoms with Crippen molar-refractivity contribution in [2.24, 2.45) is 0 Å². The van der Waals surface area contributed by atoms with E-state index in [0.717, 1.165) is 16.5 Å². The fraction of sp³-hybridized carbons (Fsp3) is 0.333. The summed E-state index contributed by atoms with van der Waals surface area (Å²) in [5.74, 6) is 0.917. The summed E-state index contributed by atoms with van der Waals surface area (Å²) >= 11 is 5.91. The molecule has 0 aliphatic heterocycles. The number of benzene rings is 1. The molecule has 0 bridgehead atoms. The number of nitrogens with zero attached hydrogens (tertiary/aromatic N) is 3. The smallest absolute Gasteiger partial charge is 0.146 e. The lowest BCUT2D eigenvalue weighted by atomic mass is 10.3. The van der Waals surface area contributed by atoms with E-state index in [4.69, 9.17) is 11.6 Å². The summed E-state index contributed by atoms with van der Waals surface area (Å²) in [5, 5.41) is 8.18. The molecule has 0 amide bonds. The summed E-state index contributed by atoms with van der Waals surface area (Å²) in [6.07, 6.45) is 1.58. The van der Waals surface area contributed by atoms with Crippen LogP contribution in [-0.4, -0.2) is 14.8 Å². The zero-order valence-electron chi connectivity index (χ0n) is 9.89. The summed E-state index contributed by atoms with van der Waals surface area (Å²) in [5.41, 5.74) is 0.982. The van der Waals surface area contributed by atoms with Gasteiger partial charge in [0.05, 0.1) is 6.54 Å². The van der Waals surface area contributed by atoms with Gasteiger partial charge in [-0.25, -0.2) is 9.67 Å². The molecular weight excluding hydrogens is 236 g/mol. The Morgan fingerprint density at radius 3 is 2.94 bits per heavy atom. The van der Waals surface area contributed by atoms with Crippen molar-refractivity contribution in [1.82, 2.24) is 14.8 Å². The van der Waals surface area contributed by atoms with E-state index in [1.807, 2.05) is 28.9 Å². The largest absolute Gasteiger partial charge is 0.378 e. The standard InChI is InChI=1S/C12H15ClN4/c1-9(2)17-12(15-8-16-17)7-14-11-5-3-4-10(13)6-11/h3-6,8-9,14H,7H2,1-2H3. The molecule has 2 rings (SSSR count). The molecule has 1 N–H and O–H groups in total. The van der Waals surface area contributed by atoms with Crippen molar-refractivity contribution in [1.29, 1.82) is 0 Å². The normalized spacial score (nSPS) is 10.8. The van der Waals surface area contributed by atoms with Crippen LogP contribution < -0.4 is 5.32 Å². The van der Waals surface area contributed by atoms with Gasteiger partial charge in [0, 0.05) is 16.8 Å². The van der Waals surface area contributed by atoms with Gasteiger partial charge in [-0.1, -0.05) is 17.7 Å². The third-order valence-corrected chi connectivity index (χ3v) is 2.65. The maximum absolute atomic E-state index is 5.91. The monoisotopic (exact) mass is 250 g/mol. The van der Waals surface area contributed by atoms with Crippen molar-refractivity contribution in [2.45, 2.75) is 26.4 Å². The number of nitrogens with one attached hydrogen (secondary N) is 1. The SMILES string of the molecule is CC(C)n1ncnc1CNc1cccc(Cl)c1. The van der Waals surface area contributed by atoms with Gasteiger partial charge in [-0.15, -0.1) is 0 Å². The van der Waals surface area contributed by atoms with Gasteiger partial charge in [0.15, 0.2) is 0 Å². The second kappa shape index (κ2) is 5.19. The lowest BCUT2D eigenvalue weighted by molar-refractivity contribution is 0.509. The van der Waals surface area contributed by atoms with Gasteiger partial charge in [-0.3, -0.25) is 0 Å². The van der Waals surface area contributed by atoms with Crippen molar-refractivity contribution in [3.8, 4) is 0 Å². The molecule has 4 nitrogen and oxygen atoms in total. The maximum Gasteiger partial charge on any atom is 0.146 e. The van der Waals surface area contributed by atoms with E-state index in [1.165, 1.54) is 0 Å². The number of anilines is 1. The zero-order chi connectivity index (χ0) is 12.3. The first-order chi connectivity index (χ1) is 8.16. The molecule has 0 fully saturated rings. The number of hydrogen-bond acceptors (Lipinski definition) is 3. The van der Waals surface area contributed by atoms with Crippen LogP contribution in [0.2, 0.25) is 5.02 Å². The number of aromatic nitrogens is 3. The minimum atomic E-state index is 0.314. The van der Waals surface area contributed by atoms with Crippen LogP contribution in [-0.2, 0) is 6.54 Å². The van der Waals surface area contributed by atoms with Gasteiger partial charge in [-0.05, 0) is 32.0 Å². The van der Waals surface area contributed by atoms with Gasteiger partial charge < -0.3 is 5.32 Å². The molecule has 1 heterocycles. The van der Waals surface area contributed by atoms with Gasteiger partial charge >= 0.3 is 0 Å². The van der Waals surface area contributed by atoms with E-state index in [1.54, 1.807) is 6.33 Å². The molecule has 0 aliphatic rings. The fourth-order valence-corrected chi connectivity index (χ4v) is 1.80. The highest BCUT2D eigenvalue weighted by Crippen LogP contribution is 2.15. The highest BCUT2D eigenvalue weighted by atomic mass is 35.5. The molecule has 2 aromatic rings. The van der Waals surface area contributed by atoms with Crippen molar-refractivity contribution < 1.29 is 0 Å². The Morgan fingerprint density at radius 1 is 1.41 bits per heavy atom. The summed E-state index contributed by atoms with van der Waals surface area (Å²) in [6.45, 7) is 4.80. The van der Waals surface area contributed by atoms with Crippen molar-refractivity contribution >= 4 is 17.3 Å². The molecule has 0 atom stereocenters. The first-order valence-corrected chi connectivity index (χ1v) is 5.92. The Kier molecular flexibility index (Phi) is 3.64. The van der Waals surface area contributed by atoms with Crippen molar-refractivity contribution in [2.75, 3.05) is 5.32 Å². The molecule has 17 heavy (non-hydrogen) atoms. The highest BCUT2D eigenvalue weighted by molar-refractivity contribution is 6.30. The molecule has 0 unspecified atom stereocenters. The van der Waals surface area contributed by atoms with Crippen LogP contribution in [0.5, 0.6) is 0 Å². The molecular formula is C12H15ClN4. The van der Waals surface area contributed by atoms with Crippen LogP contribution in [0.25, 0.3) is 0 Å². The Hall–Kier alpha value is -1.55. The molecule has 0 aliphatic carbocycles. The van der Waals surface area contributed by atoms with Crippen LogP contribution in [0, 0.1) is 0 Å². The Bertz CT molecular complexity index is 493.